The van der Waals surface area contributed by atoms with Crippen LogP contribution < -0.4 is 16.0 Å². The Labute approximate surface area is 87.6 Å². The van der Waals surface area contributed by atoms with Gasteiger partial charge < -0.3 is 9.84 Å². The van der Waals surface area contributed by atoms with Gasteiger partial charge in [-0.2, -0.15) is 0 Å². The Balaban J connectivity index is 2.88. The standard InChI is InChI=1S/C9H13ClN2O2/c1-14-6-2-3-7(8(10)4-6)9(13)5-12-11/h2-4,9,12-13H,5,11H2,1H3. The van der Waals surface area contributed by atoms with Gasteiger partial charge in [-0.1, -0.05) is 17.7 Å². The molecule has 0 bridgehead atoms. The van der Waals surface area contributed by atoms with E-state index in [-0.39, 0.29) is 6.54 Å². The molecule has 0 spiro atoms. The quantitative estimate of drug-likeness (QED) is 0.516. The van der Waals surface area contributed by atoms with Crippen LogP contribution in [-0.2, 0) is 0 Å². The van der Waals surface area contributed by atoms with Crippen LogP contribution in [0.5, 0.6) is 5.75 Å². The molecule has 4 nitrogen and oxygen atoms in total. The Hall–Kier alpha value is -0.810. The van der Waals surface area contributed by atoms with Crippen molar-refractivity contribution in [3.8, 4) is 5.75 Å². The van der Waals surface area contributed by atoms with E-state index in [2.05, 4.69) is 5.43 Å². The summed E-state index contributed by atoms with van der Waals surface area (Å²) in [6.45, 7) is 0.256. The summed E-state index contributed by atoms with van der Waals surface area (Å²) >= 11 is 5.93. The van der Waals surface area contributed by atoms with Crippen molar-refractivity contribution >= 4 is 11.6 Å². The molecule has 0 aliphatic heterocycles. The molecule has 0 saturated heterocycles. The molecule has 0 aliphatic carbocycles. The number of rotatable bonds is 4. The summed E-state index contributed by atoms with van der Waals surface area (Å²) in [5, 5.41) is 10.1. The minimum atomic E-state index is -0.710. The molecular weight excluding hydrogens is 204 g/mol. The summed E-state index contributed by atoms with van der Waals surface area (Å²) in [6, 6.07) is 5.10. The van der Waals surface area contributed by atoms with E-state index >= 15 is 0 Å². The fourth-order valence-electron chi connectivity index (χ4n) is 1.13. The number of aliphatic hydroxyl groups excluding tert-OH is 1. The van der Waals surface area contributed by atoms with Crippen molar-refractivity contribution < 1.29 is 9.84 Å². The summed E-state index contributed by atoms with van der Waals surface area (Å²) < 4.78 is 4.98. The lowest BCUT2D eigenvalue weighted by Crippen LogP contribution is -2.27. The number of ether oxygens (including phenoxy) is 1. The number of hydrogen-bond acceptors (Lipinski definition) is 4. The second-order valence-electron chi connectivity index (χ2n) is 2.81. The molecule has 0 aliphatic rings. The van der Waals surface area contributed by atoms with E-state index < -0.39 is 6.10 Å². The van der Waals surface area contributed by atoms with Crippen LogP contribution in [0.15, 0.2) is 18.2 Å². The molecule has 0 saturated carbocycles. The maximum Gasteiger partial charge on any atom is 0.120 e. The largest absolute Gasteiger partial charge is 0.497 e. The number of hydrazine groups is 1. The third-order valence-corrected chi connectivity index (χ3v) is 2.21. The molecule has 1 aromatic carbocycles. The van der Waals surface area contributed by atoms with Gasteiger partial charge in [0, 0.05) is 12.1 Å². The SMILES string of the molecule is COc1ccc(C(O)CNN)c(Cl)c1. The van der Waals surface area contributed by atoms with Gasteiger partial charge in [0.1, 0.15) is 5.75 Å². The van der Waals surface area contributed by atoms with Crippen LogP contribution in [0.25, 0.3) is 0 Å². The van der Waals surface area contributed by atoms with Crippen LogP contribution in [0.2, 0.25) is 5.02 Å². The van der Waals surface area contributed by atoms with Crippen LogP contribution in [-0.4, -0.2) is 18.8 Å². The molecular formula is C9H13ClN2O2. The average molecular weight is 217 g/mol. The zero-order chi connectivity index (χ0) is 10.6. The van der Waals surface area contributed by atoms with Gasteiger partial charge >= 0.3 is 0 Å². The maximum absolute atomic E-state index is 9.60. The average Bonchev–Trinajstić information content (AvgIpc) is 2.17. The zero-order valence-corrected chi connectivity index (χ0v) is 8.58. The topological polar surface area (TPSA) is 67.5 Å². The number of methoxy groups -OCH3 is 1. The molecule has 1 aromatic rings. The van der Waals surface area contributed by atoms with E-state index in [9.17, 15) is 5.11 Å². The second-order valence-corrected chi connectivity index (χ2v) is 3.22. The third kappa shape index (κ3) is 2.59. The molecule has 0 amide bonds. The first kappa shape index (κ1) is 11.3. The van der Waals surface area contributed by atoms with Crippen molar-refractivity contribution in [3.05, 3.63) is 28.8 Å². The maximum atomic E-state index is 9.60. The van der Waals surface area contributed by atoms with Gasteiger partial charge in [0.2, 0.25) is 0 Å². The summed E-state index contributed by atoms with van der Waals surface area (Å²) in [6.07, 6.45) is -0.710. The lowest BCUT2D eigenvalue weighted by Gasteiger charge is -2.12. The fraction of sp³-hybridized carbons (Fsp3) is 0.333. The van der Waals surface area contributed by atoms with Crippen LogP contribution in [0, 0.1) is 0 Å². The predicted molar refractivity (Wildman–Crippen MR) is 55.2 cm³/mol. The van der Waals surface area contributed by atoms with Crippen molar-refractivity contribution in [2.45, 2.75) is 6.10 Å². The molecule has 0 heterocycles. The van der Waals surface area contributed by atoms with E-state index in [1.54, 1.807) is 25.3 Å². The van der Waals surface area contributed by atoms with Crippen LogP contribution in [0.4, 0.5) is 0 Å². The molecule has 0 fully saturated rings. The summed E-state index contributed by atoms with van der Waals surface area (Å²) in [5.41, 5.74) is 3.01. The van der Waals surface area contributed by atoms with Gasteiger partial charge in [0.05, 0.1) is 18.2 Å². The zero-order valence-electron chi connectivity index (χ0n) is 7.83. The number of hydrogen-bond donors (Lipinski definition) is 3. The highest BCUT2D eigenvalue weighted by Crippen LogP contribution is 2.26. The van der Waals surface area contributed by atoms with E-state index in [1.165, 1.54) is 0 Å². The normalized spacial score (nSPS) is 12.6. The molecule has 0 aromatic heterocycles. The van der Waals surface area contributed by atoms with Gasteiger partial charge in [-0.15, -0.1) is 0 Å². The van der Waals surface area contributed by atoms with Crippen LogP contribution in [0.3, 0.4) is 0 Å². The molecule has 1 unspecified atom stereocenters. The van der Waals surface area contributed by atoms with Gasteiger partial charge in [-0.25, -0.2) is 0 Å². The highest BCUT2D eigenvalue weighted by Gasteiger charge is 2.11. The van der Waals surface area contributed by atoms with Crippen molar-refractivity contribution in [3.63, 3.8) is 0 Å². The summed E-state index contributed by atoms with van der Waals surface area (Å²) in [5.74, 6) is 5.75. The highest BCUT2D eigenvalue weighted by molar-refractivity contribution is 6.31. The first-order valence-corrected chi connectivity index (χ1v) is 4.51. The molecule has 4 N–H and O–H groups in total. The molecule has 14 heavy (non-hydrogen) atoms. The summed E-state index contributed by atoms with van der Waals surface area (Å²) in [4.78, 5) is 0. The first-order valence-electron chi connectivity index (χ1n) is 4.14. The Morgan fingerprint density at radius 1 is 1.64 bits per heavy atom. The van der Waals surface area contributed by atoms with Crippen LogP contribution >= 0.6 is 11.6 Å². The number of benzene rings is 1. The number of nitrogens with two attached hydrogens (primary N) is 1. The van der Waals surface area contributed by atoms with Crippen molar-refractivity contribution in [2.24, 2.45) is 5.84 Å². The highest BCUT2D eigenvalue weighted by atomic mass is 35.5. The molecule has 78 valence electrons. The van der Waals surface area contributed by atoms with Gasteiger partial charge in [-0.3, -0.25) is 11.3 Å². The van der Waals surface area contributed by atoms with E-state index in [4.69, 9.17) is 22.2 Å². The first-order chi connectivity index (χ1) is 6.69. The van der Waals surface area contributed by atoms with Gasteiger partial charge in [0.25, 0.3) is 0 Å². The third-order valence-electron chi connectivity index (χ3n) is 1.88. The second kappa shape index (κ2) is 5.17. The van der Waals surface area contributed by atoms with E-state index in [0.717, 1.165) is 0 Å². The van der Waals surface area contributed by atoms with Gasteiger partial charge in [0.15, 0.2) is 0 Å². The minimum absolute atomic E-state index is 0.256. The number of halogens is 1. The number of nitrogens with one attached hydrogen (secondary N) is 1. The summed E-state index contributed by atoms with van der Waals surface area (Å²) in [7, 11) is 1.56. The number of aliphatic hydroxyl groups is 1. The van der Waals surface area contributed by atoms with E-state index in [0.29, 0.717) is 16.3 Å². The predicted octanol–water partition coefficient (Wildman–Crippen LogP) is 0.845. The van der Waals surface area contributed by atoms with Crippen LogP contribution in [0.1, 0.15) is 11.7 Å². The molecule has 1 rings (SSSR count). The molecule has 1 atom stereocenters. The molecule has 5 heteroatoms. The fourth-order valence-corrected chi connectivity index (χ4v) is 1.42. The van der Waals surface area contributed by atoms with Crippen molar-refractivity contribution in [2.75, 3.05) is 13.7 Å². The molecule has 0 radical (unpaired) electrons. The lowest BCUT2D eigenvalue weighted by molar-refractivity contribution is 0.175. The van der Waals surface area contributed by atoms with E-state index in [1.807, 2.05) is 0 Å². The Morgan fingerprint density at radius 3 is 2.86 bits per heavy atom. The smallest absolute Gasteiger partial charge is 0.120 e. The Kier molecular flexibility index (Phi) is 4.16. The monoisotopic (exact) mass is 216 g/mol. The Bertz CT molecular complexity index is 307. The van der Waals surface area contributed by atoms with Crippen molar-refractivity contribution in [1.29, 1.82) is 0 Å². The minimum Gasteiger partial charge on any atom is -0.497 e. The van der Waals surface area contributed by atoms with Gasteiger partial charge in [-0.05, 0) is 12.1 Å². The lowest BCUT2D eigenvalue weighted by atomic mass is 10.1. The Morgan fingerprint density at radius 2 is 2.36 bits per heavy atom. The van der Waals surface area contributed by atoms with Crippen molar-refractivity contribution in [1.82, 2.24) is 5.43 Å².